The summed E-state index contributed by atoms with van der Waals surface area (Å²) in [5, 5.41) is 8.50. The van der Waals surface area contributed by atoms with Gasteiger partial charge >= 0.3 is 17.1 Å². The third kappa shape index (κ3) is 4.65. The zero-order valence-corrected chi connectivity index (χ0v) is 8.60. The number of allylic oxidation sites excluding steroid dienone is 5. The molecule has 1 aliphatic carbocycles. The van der Waals surface area contributed by atoms with Crippen molar-refractivity contribution in [3.8, 4) is 0 Å². The van der Waals surface area contributed by atoms with Gasteiger partial charge in [-0.2, -0.15) is 18.2 Å². The van der Waals surface area contributed by atoms with Crippen LogP contribution < -0.4 is 0 Å². The average molecular weight is 229 g/mol. The standard InChI is InChI=1S/C6H6NO.C5H5.Fe/c7-6(8)5-3-1-2-4-5;1-2-4-5-3-1;/h1-4,7-8H;1-5H;/q2*-1;+2. The van der Waals surface area contributed by atoms with E-state index in [4.69, 9.17) is 10.8 Å². The van der Waals surface area contributed by atoms with Crippen molar-refractivity contribution >= 4 is 0 Å². The minimum Gasteiger partial charge on any atom is -0.668 e. The number of aliphatic hydroxyl groups is 1. The molecule has 2 nitrogen and oxygen atoms in total. The summed E-state index contributed by atoms with van der Waals surface area (Å²) in [5.74, 6) is -0.366. The maximum Gasteiger partial charge on any atom is 2.00 e. The molecule has 0 fully saturated rings. The first-order chi connectivity index (χ1) is 6.30. The van der Waals surface area contributed by atoms with Crippen LogP contribution >= 0.6 is 0 Å². The molecule has 0 unspecified atom stereocenters. The van der Waals surface area contributed by atoms with Crippen molar-refractivity contribution in [2.24, 2.45) is 0 Å². The topological polar surface area (TPSA) is 44.0 Å². The maximum atomic E-state index is 8.50. The van der Waals surface area contributed by atoms with Crippen LogP contribution in [0.2, 0.25) is 0 Å². The SMILES string of the molecule is [Fe+2].[NH-]C(O)=C1C=CC=C1.c1cc[cH-]c1. The minimum absolute atomic E-state index is 0. The summed E-state index contributed by atoms with van der Waals surface area (Å²) in [7, 11) is 0. The van der Waals surface area contributed by atoms with Crippen LogP contribution in [0.5, 0.6) is 0 Å². The van der Waals surface area contributed by atoms with Gasteiger partial charge in [-0.25, -0.2) is 12.1 Å². The van der Waals surface area contributed by atoms with Crippen molar-refractivity contribution in [3.05, 3.63) is 71.8 Å². The zero-order valence-electron chi connectivity index (χ0n) is 7.50. The quantitative estimate of drug-likeness (QED) is 0.413. The Morgan fingerprint density at radius 1 is 1.14 bits per heavy atom. The predicted molar refractivity (Wildman–Crippen MR) is 54.3 cm³/mol. The molecular formula is C11H11FeNO. The summed E-state index contributed by atoms with van der Waals surface area (Å²) in [6.45, 7) is 0. The molecule has 0 aliphatic heterocycles. The summed E-state index contributed by atoms with van der Waals surface area (Å²) in [6, 6.07) is 10.0. The first-order valence-corrected chi connectivity index (χ1v) is 3.97. The van der Waals surface area contributed by atoms with E-state index in [1.165, 1.54) is 0 Å². The van der Waals surface area contributed by atoms with Gasteiger partial charge in [0.15, 0.2) is 0 Å². The summed E-state index contributed by atoms with van der Waals surface area (Å²) in [4.78, 5) is 0. The molecule has 2 rings (SSSR count). The molecule has 0 saturated carbocycles. The Morgan fingerprint density at radius 2 is 1.64 bits per heavy atom. The van der Waals surface area contributed by atoms with Crippen LogP contribution in [0.15, 0.2) is 66.1 Å². The van der Waals surface area contributed by atoms with Crippen molar-refractivity contribution in [2.45, 2.75) is 0 Å². The monoisotopic (exact) mass is 229 g/mol. The summed E-state index contributed by atoms with van der Waals surface area (Å²) in [6.07, 6.45) is 6.92. The van der Waals surface area contributed by atoms with Crippen molar-refractivity contribution in [3.63, 3.8) is 0 Å². The molecule has 0 heterocycles. The Bertz CT molecular complexity index is 288. The van der Waals surface area contributed by atoms with Gasteiger partial charge in [-0.3, -0.25) is 0 Å². The second kappa shape index (κ2) is 7.13. The van der Waals surface area contributed by atoms with Gasteiger partial charge in [-0.1, -0.05) is 24.3 Å². The van der Waals surface area contributed by atoms with Gasteiger partial charge < -0.3 is 10.8 Å². The normalized spacial score (nSPS) is 11.6. The van der Waals surface area contributed by atoms with Crippen LogP contribution in [0.25, 0.3) is 5.73 Å². The van der Waals surface area contributed by atoms with Crippen LogP contribution in [0, 0.1) is 0 Å². The minimum atomic E-state index is -0.366. The van der Waals surface area contributed by atoms with Gasteiger partial charge in [-0.15, -0.1) is 0 Å². The fourth-order valence-electron chi connectivity index (χ4n) is 0.853. The molecule has 0 amide bonds. The van der Waals surface area contributed by atoms with Gasteiger partial charge in [-0.05, 0) is 5.57 Å². The Kier molecular flexibility index (Phi) is 6.46. The Morgan fingerprint density at radius 3 is 1.86 bits per heavy atom. The van der Waals surface area contributed by atoms with E-state index < -0.39 is 0 Å². The summed E-state index contributed by atoms with van der Waals surface area (Å²) in [5.41, 5.74) is 7.28. The summed E-state index contributed by atoms with van der Waals surface area (Å²) >= 11 is 0. The fraction of sp³-hybridized carbons (Fsp3) is 0. The van der Waals surface area contributed by atoms with Gasteiger partial charge in [0.05, 0.1) is 0 Å². The van der Waals surface area contributed by atoms with Crippen LogP contribution in [-0.2, 0) is 17.1 Å². The molecule has 1 aliphatic rings. The molecule has 0 atom stereocenters. The molecule has 1 aromatic carbocycles. The second-order valence-electron chi connectivity index (χ2n) is 2.48. The third-order valence-corrected chi connectivity index (χ3v) is 1.49. The van der Waals surface area contributed by atoms with Gasteiger partial charge in [0.2, 0.25) is 0 Å². The number of hydrogen-bond donors (Lipinski definition) is 1. The van der Waals surface area contributed by atoms with Crippen LogP contribution in [0.3, 0.4) is 0 Å². The average Bonchev–Trinajstić information content (AvgIpc) is 2.82. The number of aliphatic hydroxyl groups excluding tert-OH is 1. The van der Waals surface area contributed by atoms with E-state index in [9.17, 15) is 0 Å². The van der Waals surface area contributed by atoms with E-state index in [2.05, 4.69) is 0 Å². The third-order valence-electron chi connectivity index (χ3n) is 1.49. The zero-order chi connectivity index (χ0) is 9.52. The van der Waals surface area contributed by atoms with Crippen molar-refractivity contribution < 1.29 is 22.2 Å². The first kappa shape index (κ1) is 12.7. The van der Waals surface area contributed by atoms with Crippen LogP contribution in [-0.4, -0.2) is 5.11 Å². The second-order valence-corrected chi connectivity index (χ2v) is 2.48. The largest absolute Gasteiger partial charge is 2.00 e. The molecule has 74 valence electrons. The molecule has 0 aromatic heterocycles. The van der Waals surface area contributed by atoms with E-state index >= 15 is 0 Å². The molecule has 0 radical (unpaired) electrons. The molecular weight excluding hydrogens is 218 g/mol. The van der Waals surface area contributed by atoms with Crippen LogP contribution in [0.1, 0.15) is 0 Å². The van der Waals surface area contributed by atoms with Gasteiger partial charge in [0.25, 0.3) is 0 Å². The van der Waals surface area contributed by atoms with E-state index in [0.29, 0.717) is 5.57 Å². The first-order valence-electron chi connectivity index (χ1n) is 3.97. The van der Waals surface area contributed by atoms with Crippen molar-refractivity contribution in [1.29, 1.82) is 0 Å². The Hall–Kier alpha value is -1.31. The number of rotatable bonds is 0. The van der Waals surface area contributed by atoms with Crippen LogP contribution in [0.4, 0.5) is 0 Å². The summed E-state index contributed by atoms with van der Waals surface area (Å²) < 4.78 is 0. The maximum absolute atomic E-state index is 8.50. The van der Waals surface area contributed by atoms with E-state index in [1.807, 2.05) is 30.3 Å². The van der Waals surface area contributed by atoms with Gasteiger partial charge in [0.1, 0.15) is 0 Å². The molecule has 0 saturated heterocycles. The molecule has 3 heteroatoms. The number of hydrogen-bond acceptors (Lipinski definition) is 1. The molecule has 0 spiro atoms. The van der Waals surface area contributed by atoms with E-state index in [-0.39, 0.29) is 23.0 Å². The Labute approximate surface area is 94.3 Å². The van der Waals surface area contributed by atoms with Gasteiger partial charge in [0, 0.05) is 5.88 Å². The Balaban J connectivity index is 0.000000246. The molecule has 14 heavy (non-hydrogen) atoms. The predicted octanol–water partition coefficient (Wildman–Crippen LogP) is 3.34. The molecule has 2 N–H and O–H groups in total. The fourth-order valence-corrected chi connectivity index (χ4v) is 0.853. The van der Waals surface area contributed by atoms with E-state index in [1.54, 1.807) is 24.3 Å². The van der Waals surface area contributed by atoms with E-state index in [0.717, 1.165) is 0 Å². The molecule has 1 aromatic rings. The van der Waals surface area contributed by atoms with Crippen molar-refractivity contribution in [2.75, 3.05) is 0 Å². The number of nitrogens with one attached hydrogen (secondary N) is 1. The smallest absolute Gasteiger partial charge is 0.668 e. The molecule has 0 bridgehead atoms. The van der Waals surface area contributed by atoms with Crippen molar-refractivity contribution in [1.82, 2.24) is 0 Å².